The van der Waals surface area contributed by atoms with Crippen molar-refractivity contribution in [3.63, 3.8) is 0 Å². The van der Waals surface area contributed by atoms with Crippen molar-refractivity contribution in [2.24, 2.45) is 0 Å². The van der Waals surface area contributed by atoms with E-state index in [4.69, 9.17) is 0 Å². The molecule has 2 N–H and O–H groups in total. The summed E-state index contributed by atoms with van der Waals surface area (Å²) in [6.07, 6.45) is 3.46. The highest BCUT2D eigenvalue weighted by Crippen LogP contribution is 2.22. The quantitative estimate of drug-likeness (QED) is 0.867. The third-order valence-electron chi connectivity index (χ3n) is 2.54. The summed E-state index contributed by atoms with van der Waals surface area (Å²) in [5.41, 5.74) is 1.54. The topological polar surface area (TPSA) is 57.8 Å². The molecule has 6 heteroatoms. The number of hydrogen-bond acceptors (Lipinski definition) is 2. The molecule has 0 radical (unpaired) electrons. The number of carbonyl (C=O) groups is 1. The van der Waals surface area contributed by atoms with Crippen molar-refractivity contribution in [3.8, 4) is 0 Å². The van der Waals surface area contributed by atoms with Crippen LogP contribution < -0.4 is 5.32 Å². The maximum absolute atomic E-state index is 12.1. The van der Waals surface area contributed by atoms with Gasteiger partial charge in [0.1, 0.15) is 0 Å². The van der Waals surface area contributed by atoms with Gasteiger partial charge in [-0.25, -0.2) is 0 Å². The lowest BCUT2D eigenvalue weighted by Crippen LogP contribution is -2.26. The number of hydrogen-bond donors (Lipinski definition) is 2. The standard InChI is InChI=1S/C12H11Br2N3O/c1-7(8-5-15-16-6-8)17-12(18)10-4-9(13)2-3-11(10)14/h2-7H,1H3,(H,15,16)(H,17,18). The normalized spacial score (nSPS) is 12.2. The van der Waals surface area contributed by atoms with E-state index in [1.165, 1.54) is 0 Å². The molecule has 0 aliphatic rings. The summed E-state index contributed by atoms with van der Waals surface area (Å²) in [5, 5.41) is 9.50. The number of aromatic nitrogens is 2. The van der Waals surface area contributed by atoms with Gasteiger partial charge in [-0.3, -0.25) is 9.89 Å². The number of H-pyrrole nitrogens is 1. The Bertz CT molecular complexity index is 554. The molecule has 1 aromatic heterocycles. The highest BCUT2D eigenvalue weighted by atomic mass is 79.9. The lowest BCUT2D eigenvalue weighted by atomic mass is 10.1. The van der Waals surface area contributed by atoms with E-state index in [0.717, 1.165) is 14.5 Å². The van der Waals surface area contributed by atoms with Crippen LogP contribution in [0.25, 0.3) is 0 Å². The summed E-state index contributed by atoms with van der Waals surface area (Å²) in [6.45, 7) is 1.91. The molecule has 1 heterocycles. The molecule has 0 aliphatic heterocycles. The number of aromatic amines is 1. The van der Waals surface area contributed by atoms with E-state index in [1.54, 1.807) is 18.5 Å². The zero-order valence-corrected chi connectivity index (χ0v) is 12.7. The molecule has 1 aromatic carbocycles. The molecule has 0 saturated heterocycles. The van der Waals surface area contributed by atoms with Gasteiger partial charge in [-0.05, 0) is 41.1 Å². The Kier molecular flexibility index (Phi) is 4.19. The highest BCUT2D eigenvalue weighted by molar-refractivity contribution is 9.11. The van der Waals surface area contributed by atoms with Crippen molar-refractivity contribution < 1.29 is 4.79 Å². The molecule has 0 fully saturated rings. The van der Waals surface area contributed by atoms with Crippen LogP contribution in [0, 0.1) is 0 Å². The lowest BCUT2D eigenvalue weighted by molar-refractivity contribution is 0.0939. The predicted molar refractivity (Wildman–Crippen MR) is 76.3 cm³/mol. The Balaban J connectivity index is 2.15. The lowest BCUT2D eigenvalue weighted by Gasteiger charge is -2.13. The van der Waals surface area contributed by atoms with Crippen molar-refractivity contribution in [1.82, 2.24) is 15.5 Å². The molecule has 1 atom stereocenters. The number of halogens is 2. The first-order valence-corrected chi connectivity index (χ1v) is 6.91. The minimum Gasteiger partial charge on any atom is -0.345 e. The average molecular weight is 373 g/mol. The van der Waals surface area contributed by atoms with Crippen LogP contribution in [-0.4, -0.2) is 16.1 Å². The fraction of sp³-hybridized carbons (Fsp3) is 0.167. The molecule has 18 heavy (non-hydrogen) atoms. The van der Waals surface area contributed by atoms with E-state index in [1.807, 2.05) is 19.1 Å². The van der Waals surface area contributed by atoms with E-state index in [-0.39, 0.29) is 11.9 Å². The zero-order chi connectivity index (χ0) is 13.1. The van der Waals surface area contributed by atoms with Crippen molar-refractivity contribution in [2.45, 2.75) is 13.0 Å². The van der Waals surface area contributed by atoms with E-state index >= 15 is 0 Å². The molecular formula is C12H11Br2N3O. The first-order valence-electron chi connectivity index (χ1n) is 5.32. The van der Waals surface area contributed by atoms with Gasteiger partial charge in [-0.15, -0.1) is 0 Å². The second-order valence-corrected chi connectivity index (χ2v) is 5.62. The molecule has 4 nitrogen and oxygen atoms in total. The highest BCUT2D eigenvalue weighted by Gasteiger charge is 2.14. The monoisotopic (exact) mass is 371 g/mol. The summed E-state index contributed by atoms with van der Waals surface area (Å²) in [6, 6.07) is 5.39. The van der Waals surface area contributed by atoms with Crippen molar-refractivity contribution in [1.29, 1.82) is 0 Å². The largest absolute Gasteiger partial charge is 0.345 e. The van der Waals surface area contributed by atoms with Crippen LogP contribution in [0.15, 0.2) is 39.5 Å². The van der Waals surface area contributed by atoms with Crippen LogP contribution in [0.1, 0.15) is 28.9 Å². The molecule has 1 amide bonds. The van der Waals surface area contributed by atoms with Gasteiger partial charge in [0.2, 0.25) is 0 Å². The molecule has 1 unspecified atom stereocenters. The number of amides is 1. The summed E-state index contributed by atoms with van der Waals surface area (Å²) in [7, 11) is 0. The number of nitrogens with zero attached hydrogens (tertiary/aromatic N) is 1. The summed E-state index contributed by atoms with van der Waals surface area (Å²) < 4.78 is 1.63. The Morgan fingerprint density at radius 1 is 1.44 bits per heavy atom. The van der Waals surface area contributed by atoms with Gasteiger partial charge in [0.25, 0.3) is 5.91 Å². The fourth-order valence-electron chi connectivity index (χ4n) is 1.53. The molecule has 2 rings (SSSR count). The zero-order valence-electron chi connectivity index (χ0n) is 9.58. The predicted octanol–water partition coefficient (Wildman–Crippen LogP) is 3.43. The van der Waals surface area contributed by atoms with Crippen LogP contribution in [0.5, 0.6) is 0 Å². The number of rotatable bonds is 3. The van der Waals surface area contributed by atoms with Crippen LogP contribution in [0.4, 0.5) is 0 Å². The van der Waals surface area contributed by atoms with Crippen molar-refractivity contribution >= 4 is 37.8 Å². The fourth-order valence-corrected chi connectivity index (χ4v) is 2.31. The van der Waals surface area contributed by atoms with Crippen LogP contribution in [0.3, 0.4) is 0 Å². The van der Waals surface area contributed by atoms with Crippen molar-refractivity contribution in [2.75, 3.05) is 0 Å². The Morgan fingerprint density at radius 2 is 2.22 bits per heavy atom. The third-order valence-corrected chi connectivity index (χ3v) is 3.72. The molecular weight excluding hydrogens is 362 g/mol. The average Bonchev–Trinajstić information content (AvgIpc) is 2.85. The smallest absolute Gasteiger partial charge is 0.252 e. The van der Waals surface area contributed by atoms with Gasteiger partial charge in [0.15, 0.2) is 0 Å². The third kappa shape index (κ3) is 3.00. The van der Waals surface area contributed by atoms with E-state index in [0.29, 0.717) is 5.56 Å². The van der Waals surface area contributed by atoms with E-state index in [9.17, 15) is 4.79 Å². The maximum atomic E-state index is 12.1. The molecule has 0 bridgehead atoms. The molecule has 2 aromatic rings. The van der Waals surface area contributed by atoms with Crippen LogP contribution >= 0.6 is 31.9 Å². The number of benzene rings is 1. The minimum atomic E-state index is -0.128. The van der Waals surface area contributed by atoms with Crippen LogP contribution in [-0.2, 0) is 0 Å². The Hall–Kier alpha value is -1.14. The van der Waals surface area contributed by atoms with E-state index < -0.39 is 0 Å². The van der Waals surface area contributed by atoms with Gasteiger partial charge < -0.3 is 5.32 Å². The summed E-state index contributed by atoms with van der Waals surface area (Å²) >= 11 is 6.72. The van der Waals surface area contributed by atoms with Crippen LogP contribution in [0.2, 0.25) is 0 Å². The minimum absolute atomic E-state index is 0.0952. The van der Waals surface area contributed by atoms with Gasteiger partial charge in [-0.2, -0.15) is 5.10 Å². The molecule has 0 aliphatic carbocycles. The van der Waals surface area contributed by atoms with Gasteiger partial charge in [0, 0.05) is 20.7 Å². The molecule has 0 saturated carbocycles. The first-order chi connectivity index (χ1) is 8.58. The second-order valence-electron chi connectivity index (χ2n) is 3.85. The molecule has 94 valence electrons. The molecule has 0 spiro atoms. The Labute approximate surface area is 121 Å². The first kappa shape index (κ1) is 13.3. The van der Waals surface area contributed by atoms with Gasteiger partial charge in [0.05, 0.1) is 17.8 Å². The summed E-state index contributed by atoms with van der Waals surface area (Å²) in [5.74, 6) is -0.128. The van der Waals surface area contributed by atoms with E-state index in [2.05, 4.69) is 47.4 Å². The number of nitrogens with one attached hydrogen (secondary N) is 2. The SMILES string of the molecule is CC(NC(=O)c1cc(Br)ccc1Br)c1cn[nH]c1. The maximum Gasteiger partial charge on any atom is 0.252 e. The summed E-state index contributed by atoms with van der Waals surface area (Å²) in [4.78, 5) is 12.1. The number of carbonyl (C=O) groups excluding carboxylic acids is 1. The Morgan fingerprint density at radius 3 is 2.89 bits per heavy atom. The van der Waals surface area contributed by atoms with Gasteiger partial charge >= 0.3 is 0 Å². The second kappa shape index (κ2) is 5.67. The van der Waals surface area contributed by atoms with Gasteiger partial charge in [-0.1, -0.05) is 15.9 Å². The van der Waals surface area contributed by atoms with Crippen molar-refractivity contribution in [3.05, 3.63) is 50.7 Å².